The maximum Gasteiger partial charge on any atom is 0.173 e. The summed E-state index contributed by atoms with van der Waals surface area (Å²) in [5.74, 6) is 1.65. The molecule has 1 atom stereocenters. The first kappa shape index (κ1) is 13.6. The first-order valence-corrected chi connectivity index (χ1v) is 8.59. The highest BCUT2D eigenvalue weighted by Gasteiger charge is 2.34. The highest BCUT2D eigenvalue weighted by molar-refractivity contribution is 7.94. The number of rotatable bonds is 4. The lowest BCUT2D eigenvalue weighted by atomic mass is 9.75. The van der Waals surface area contributed by atoms with Crippen LogP contribution in [0.1, 0.15) is 24.3 Å². The van der Waals surface area contributed by atoms with Gasteiger partial charge in [-0.3, -0.25) is 0 Å². The second kappa shape index (κ2) is 5.22. The fraction of sp³-hybridized carbons (Fsp3) is 0.467. The lowest BCUT2D eigenvalue weighted by molar-refractivity contribution is 0.276. The van der Waals surface area contributed by atoms with Crippen LogP contribution in [0.2, 0.25) is 0 Å². The topological polar surface area (TPSA) is 55.4 Å². The van der Waals surface area contributed by atoms with Crippen molar-refractivity contribution < 1.29 is 13.2 Å². The summed E-state index contributed by atoms with van der Waals surface area (Å²) < 4.78 is 28.1. The van der Waals surface area contributed by atoms with Gasteiger partial charge in [-0.15, -0.1) is 0 Å². The Labute approximate surface area is 119 Å². The Morgan fingerprint density at radius 1 is 1.25 bits per heavy atom. The van der Waals surface area contributed by atoms with Gasteiger partial charge < -0.3 is 10.1 Å². The van der Waals surface area contributed by atoms with Gasteiger partial charge in [0.05, 0.1) is 12.9 Å². The van der Waals surface area contributed by atoms with E-state index in [2.05, 4.69) is 11.4 Å². The molecule has 5 heteroatoms. The van der Waals surface area contributed by atoms with Gasteiger partial charge >= 0.3 is 0 Å². The predicted octanol–water partition coefficient (Wildman–Crippen LogP) is 1.84. The Morgan fingerprint density at radius 3 is 2.65 bits per heavy atom. The standard InChI is InChI=1S/C15H19NO3S/c1-19-15-5-3-2-4-14(15)11-8-13(9-11)16-12-6-7-20(17,18)10-12/h2-7,11-13,16H,8-10H2,1H3. The fourth-order valence-corrected chi connectivity index (χ4v) is 4.24. The maximum atomic E-state index is 11.4. The SMILES string of the molecule is COc1ccccc1C1CC(NC2C=CS(=O)(=O)C2)C1. The molecule has 1 fully saturated rings. The van der Waals surface area contributed by atoms with E-state index in [1.807, 2.05) is 18.2 Å². The Morgan fingerprint density at radius 2 is 2.00 bits per heavy atom. The van der Waals surface area contributed by atoms with E-state index in [9.17, 15) is 8.42 Å². The predicted molar refractivity (Wildman–Crippen MR) is 78.6 cm³/mol. The minimum Gasteiger partial charge on any atom is -0.496 e. The summed E-state index contributed by atoms with van der Waals surface area (Å²) in [4.78, 5) is 0. The van der Waals surface area contributed by atoms with Crippen molar-refractivity contribution in [2.24, 2.45) is 0 Å². The lowest BCUT2D eigenvalue weighted by Crippen LogP contribution is -2.45. The molecule has 1 aromatic rings. The van der Waals surface area contributed by atoms with E-state index in [0.717, 1.165) is 18.6 Å². The van der Waals surface area contributed by atoms with Crippen molar-refractivity contribution in [3.63, 3.8) is 0 Å². The minimum absolute atomic E-state index is 0.0244. The van der Waals surface area contributed by atoms with Crippen LogP contribution in [0.4, 0.5) is 0 Å². The third kappa shape index (κ3) is 2.74. The van der Waals surface area contributed by atoms with Gasteiger partial charge in [0.25, 0.3) is 0 Å². The number of nitrogens with one attached hydrogen (secondary N) is 1. The van der Waals surface area contributed by atoms with Crippen molar-refractivity contribution in [2.75, 3.05) is 12.9 Å². The quantitative estimate of drug-likeness (QED) is 0.920. The zero-order valence-corrected chi connectivity index (χ0v) is 12.3. The van der Waals surface area contributed by atoms with Crippen molar-refractivity contribution in [3.05, 3.63) is 41.3 Å². The fourth-order valence-electron chi connectivity index (χ4n) is 2.99. The summed E-state index contributed by atoms with van der Waals surface area (Å²) in [5.41, 5.74) is 1.25. The molecule has 1 aromatic carbocycles. The molecule has 1 saturated carbocycles. The maximum absolute atomic E-state index is 11.4. The zero-order chi connectivity index (χ0) is 14.2. The molecule has 1 heterocycles. The van der Waals surface area contributed by atoms with Gasteiger partial charge in [-0.05, 0) is 30.4 Å². The average molecular weight is 293 g/mol. The van der Waals surface area contributed by atoms with E-state index >= 15 is 0 Å². The van der Waals surface area contributed by atoms with Gasteiger partial charge in [0.1, 0.15) is 5.75 Å². The van der Waals surface area contributed by atoms with Crippen molar-refractivity contribution in [1.82, 2.24) is 5.32 Å². The molecule has 108 valence electrons. The smallest absolute Gasteiger partial charge is 0.173 e. The van der Waals surface area contributed by atoms with Gasteiger partial charge in [-0.25, -0.2) is 8.42 Å². The van der Waals surface area contributed by atoms with E-state index in [1.54, 1.807) is 13.2 Å². The van der Waals surface area contributed by atoms with Crippen LogP contribution in [-0.4, -0.2) is 33.4 Å². The van der Waals surface area contributed by atoms with Crippen LogP contribution in [0.25, 0.3) is 0 Å². The first-order valence-electron chi connectivity index (χ1n) is 6.87. The van der Waals surface area contributed by atoms with Crippen LogP contribution >= 0.6 is 0 Å². The molecule has 0 radical (unpaired) electrons. The Balaban J connectivity index is 1.56. The summed E-state index contributed by atoms with van der Waals surface area (Å²) in [6, 6.07) is 8.48. The Kier molecular flexibility index (Phi) is 3.56. The van der Waals surface area contributed by atoms with E-state index < -0.39 is 9.84 Å². The molecule has 3 rings (SSSR count). The van der Waals surface area contributed by atoms with Crippen molar-refractivity contribution in [1.29, 1.82) is 0 Å². The van der Waals surface area contributed by atoms with Gasteiger partial charge in [0.2, 0.25) is 0 Å². The number of methoxy groups -OCH3 is 1. The highest BCUT2D eigenvalue weighted by atomic mass is 32.2. The van der Waals surface area contributed by atoms with Crippen LogP contribution in [0.15, 0.2) is 35.7 Å². The first-order chi connectivity index (χ1) is 9.57. The molecular formula is C15H19NO3S. The van der Waals surface area contributed by atoms with Gasteiger partial charge in [0.15, 0.2) is 9.84 Å². The molecule has 0 spiro atoms. The summed E-state index contributed by atoms with van der Waals surface area (Å²) >= 11 is 0. The van der Waals surface area contributed by atoms with E-state index in [-0.39, 0.29) is 11.8 Å². The second-order valence-corrected chi connectivity index (χ2v) is 7.47. The van der Waals surface area contributed by atoms with Crippen LogP contribution < -0.4 is 10.1 Å². The molecule has 2 aliphatic rings. The monoisotopic (exact) mass is 293 g/mol. The highest BCUT2D eigenvalue weighted by Crippen LogP contribution is 2.41. The Bertz CT molecular complexity index is 618. The summed E-state index contributed by atoms with van der Waals surface area (Å²) in [7, 11) is -1.27. The van der Waals surface area contributed by atoms with Crippen molar-refractivity contribution >= 4 is 9.84 Å². The molecule has 0 bridgehead atoms. The summed E-state index contributed by atoms with van der Waals surface area (Å²) in [5, 5.41) is 4.72. The van der Waals surface area contributed by atoms with Crippen LogP contribution in [0.5, 0.6) is 5.75 Å². The molecule has 0 saturated heterocycles. The molecule has 0 amide bonds. The largest absolute Gasteiger partial charge is 0.496 e. The van der Waals surface area contributed by atoms with E-state index in [0.29, 0.717) is 12.0 Å². The summed E-state index contributed by atoms with van der Waals surface area (Å²) in [6.07, 6.45) is 3.82. The van der Waals surface area contributed by atoms with Crippen LogP contribution in [0.3, 0.4) is 0 Å². The van der Waals surface area contributed by atoms with E-state index in [4.69, 9.17) is 4.74 Å². The third-order valence-electron chi connectivity index (χ3n) is 4.10. The average Bonchev–Trinajstić information content (AvgIpc) is 2.73. The van der Waals surface area contributed by atoms with Gasteiger partial charge in [-0.2, -0.15) is 0 Å². The molecule has 20 heavy (non-hydrogen) atoms. The van der Waals surface area contributed by atoms with Gasteiger partial charge in [0, 0.05) is 17.5 Å². The molecular weight excluding hydrogens is 274 g/mol. The Hall–Kier alpha value is -1.33. The number of sulfone groups is 1. The molecule has 0 aromatic heterocycles. The number of hydrogen-bond acceptors (Lipinski definition) is 4. The number of ether oxygens (including phenoxy) is 1. The zero-order valence-electron chi connectivity index (χ0n) is 11.5. The summed E-state index contributed by atoms with van der Waals surface area (Å²) in [6.45, 7) is 0. The molecule has 1 unspecified atom stereocenters. The number of benzene rings is 1. The van der Waals surface area contributed by atoms with Crippen LogP contribution in [-0.2, 0) is 9.84 Å². The molecule has 1 aliphatic heterocycles. The van der Waals surface area contributed by atoms with Gasteiger partial charge in [-0.1, -0.05) is 24.3 Å². The molecule has 4 nitrogen and oxygen atoms in total. The minimum atomic E-state index is -2.96. The lowest BCUT2D eigenvalue weighted by Gasteiger charge is -2.38. The third-order valence-corrected chi connectivity index (χ3v) is 5.49. The van der Waals surface area contributed by atoms with Crippen molar-refractivity contribution in [2.45, 2.75) is 30.8 Å². The second-order valence-electron chi connectivity index (χ2n) is 5.54. The molecule has 1 aliphatic carbocycles. The van der Waals surface area contributed by atoms with E-state index in [1.165, 1.54) is 11.0 Å². The van der Waals surface area contributed by atoms with Crippen LogP contribution in [0, 0.1) is 0 Å². The number of para-hydroxylation sites is 1. The molecule has 1 N–H and O–H groups in total. The van der Waals surface area contributed by atoms with Crippen molar-refractivity contribution in [3.8, 4) is 5.75 Å². The number of hydrogen-bond donors (Lipinski definition) is 1. The normalized spacial score (nSPS) is 30.9.